The molecule has 2 N–H and O–H groups in total. The van der Waals surface area contributed by atoms with Gasteiger partial charge in [-0.25, -0.2) is 4.79 Å². The van der Waals surface area contributed by atoms with Gasteiger partial charge in [-0.3, -0.25) is 4.68 Å². The number of carboxylic acid groups (broad SMARTS) is 1. The Morgan fingerprint density at radius 2 is 2.29 bits per heavy atom. The molecule has 1 amide bonds. The summed E-state index contributed by atoms with van der Waals surface area (Å²) in [5.41, 5.74) is 1.62. The van der Waals surface area contributed by atoms with Gasteiger partial charge in [-0.15, -0.1) is 0 Å². The summed E-state index contributed by atoms with van der Waals surface area (Å²) in [6.07, 6.45) is 2.21. The zero-order chi connectivity index (χ0) is 17.3. The SMILES string of the molecule is COCCCn1nc(Br)c2c(Cl)cc(CC3(NC(=O)O)CC3)cc21. The molecule has 130 valence electrons. The number of ether oxygens (including phenoxy) is 1. The molecule has 1 aromatic carbocycles. The fourth-order valence-corrected chi connectivity index (χ4v) is 4.06. The van der Waals surface area contributed by atoms with Crippen molar-refractivity contribution in [2.75, 3.05) is 13.7 Å². The highest BCUT2D eigenvalue weighted by atomic mass is 79.9. The molecule has 0 atom stereocenters. The van der Waals surface area contributed by atoms with Gasteiger partial charge < -0.3 is 15.2 Å². The van der Waals surface area contributed by atoms with Crippen LogP contribution in [0.2, 0.25) is 5.02 Å². The van der Waals surface area contributed by atoms with E-state index in [4.69, 9.17) is 21.4 Å². The van der Waals surface area contributed by atoms with Gasteiger partial charge >= 0.3 is 6.09 Å². The summed E-state index contributed by atoms with van der Waals surface area (Å²) in [6, 6.07) is 3.95. The molecule has 1 heterocycles. The molecule has 0 spiro atoms. The van der Waals surface area contributed by atoms with Crippen molar-refractivity contribution >= 4 is 44.5 Å². The molecule has 8 heteroatoms. The number of benzene rings is 1. The summed E-state index contributed by atoms with van der Waals surface area (Å²) >= 11 is 9.92. The Labute approximate surface area is 153 Å². The van der Waals surface area contributed by atoms with E-state index in [0.29, 0.717) is 18.1 Å². The van der Waals surface area contributed by atoms with Crippen LogP contribution in [0, 0.1) is 0 Å². The number of carbonyl (C=O) groups is 1. The maximum Gasteiger partial charge on any atom is 0.405 e. The monoisotopic (exact) mass is 415 g/mol. The Morgan fingerprint density at radius 1 is 1.54 bits per heavy atom. The Morgan fingerprint density at radius 3 is 2.92 bits per heavy atom. The van der Waals surface area contributed by atoms with Gasteiger partial charge in [-0.05, 0) is 59.3 Å². The zero-order valence-corrected chi connectivity index (χ0v) is 15.7. The molecule has 1 fully saturated rings. The lowest BCUT2D eigenvalue weighted by atomic mass is 10.0. The first-order valence-electron chi connectivity index (χ1n) is 7.78. The van der Waals surface area contributed by atoms with E-state index in [0.717, 1.165) is 46.9 Å². The van der Waals surface area contributed by atoms with Crippen LogP contribution in [-0.2, 0) is 17.7 Å². The third-order valence-electron chi connectivity index (χ3n) is 4.31. The number of hydrogen-bond donors (Lipinski definition) is 2. The number of hydrogen-bond acceptors (Lipinski definition) is 3. The number of nitrogens with one attached hydrogen (secondary N) is 1. The van der Waals surface area contributed by atoms with Crippen LogP contribution < -0.4 is 5.32 Å². The summed E-state index contributed by atoms with van der Waals surface area (Å²) in [5, 5.41) is 17.6. The van der Waals surface area contributed by atoms with Crippen molar-refractivity contribution in [1.82, 2.24) is 15.1 Å². The zero-order valence-electron chi connectivity index (χ0n) is 13.3. The molecule has 3 rings (SSSR count). The molecule has 0 saturated heterocycles. The Kier molecular flexibility index (Phi) is 5.03. The predicted molar refractivity (Wildman–Crippen MR) is 95.8 cm³/mol. The number of rotatable bonds is 7. The normalized spacial score (nSPS) is 15.6. The molecule has 6 nitrogen and oxygen atoms in total. The molecule has 1 saturated carbocycles. The van der Waals surface area contributed by atoms with Gasteiger partial charge in [0, 0.05) is 25.8 Å². The average Bonchev–Trinajstić information content (AvgIpc) is 3.15. The van der Waals surface area contributed by atoms with Crippen LogP contribution in [0.5, 0.6) is 0 Å². The van der Waals surface area contributed by atoms with E-state index in [1.807, 2.05) is 10.7 Å². The predicted octanol–water partition coefficient (Wildman–Crippen LogP) is 3.83. The van der Waals surface area contributed by atoms with Crippen molar-refractivity contribution in [2.24, 2.45) is 0 Å². The van der Waals surface area contributed by atoms with E-state index < -0.39 is 6.09 Å². The summed E-state index contributed by atoms with van der Waals surface area (Å²) in [5.74, 6) is 0. The molecule has 0 unspecified atom stereocenters. The quantitative estimate of drug-likeness (QED) is 0.673. The van der Waals surface area contributed by atoms with Crippen LogP contribution in [0.3, 0.4) is 0 Å². The van der Waals surface area contributed by atoms with Gasteiger partial charge in [-0.1, -0.05) is 11.6 Å². The van der Waals surface area contributed by atoms with E-state index in [9.17, 15) is 4.79 Å². The minimum Gasteiger partial charge on any atom is -0.465 e. The molecule has 1 aliphatic carbocycles. The third-order valence-corrected chi connectivity index (χ3v) is 5.16. The molecule has 0 aliphatic heterocycles. The molecule has 24 heavy (non-hydrogen) atoms. The lowest BCUT2D eigenvalue weighted by Gasteiger charge is -2.15. The maximum atomic E-state index is 11.0. The second kappa shape index (κ2) is 6.90. The van der Waals surface area contributed by atoms with Gasteiger partial charge in [0.05, 0.1) is 15.9 Å². The standard InChI is InChI=1S/C16H19BrClN3O3/c1-24-6-2-5-21-12-8-10(7-11(18)13(12)14(17)20-21)9-16(3-4-16)19-15(22)23/h7-8,19H,2-6,9H2,1H3,(H,22,23). The Hall–Kier alpha value is -1.31. The summed E-state index contributed by atoms with van der Waals surface area (Å²) in [4.78, 5) is 11.0. The number of methoxy groups -OCH3 is 1. The summed E-state index contributed by atoms with van der Waals surface area (Å²) in [6.45, 7) is 1.40. The van der Waals surface area contributed by atoms with Crippen LogP contribution in [-0.4, -0.2) is 40.2 Å². The van der Waals surface area contributed by atoms with E-state index in [-0.39, 0.29) is 5.54 Å². The van der Waals surface area contributed by atoms with Crippen molar-refractivity contribution in [2.45, 2.75) is 37.8 Å². The highest BCUT2D eigenvalue weighted by Crippen LogP contribution is 2.40. The average molecular weight is 417 g/mol. The van der Waals surface area contributed by atoms with Crippen molar-refractivity contribution < 1.29 is 14.6 Å². The molecule has 0 bridgehead atoms. The third kappa shape index (κ3) is 3.68. The smallest absolute Gasteiger partial charge is 0.405 e. The first-order chi connectivity index (χ1) is 11.4. The minimum absolute atomic E-state index is 0.346. The summed E-state index contributed by atoms with van der Waals surface area (Å²) in [7, 11) is 1.68. The van der Waals surface area contributed by atoms with Gasteiger partial charge in [0.1, 0.15) is 4.60 Å². The maximum absolute atomic E-state index is 11.0. The second-order valence-corrected chi connectivity index (χ2v) is 7.38. The van der Waals surface area contributed by atoms with Crippen LogP contribution in [0.15, 0.2) is 16.7 Å². The van der Waals surface area contributed by atoms with Crippen LogP contribution in [0.4, 0.5) is 4.79 Å². The molecular formula is C16H19BrClN3O3. The summed E-state index contributed by atoms with van der Waals surface area (Å²) < 4.78 is 7.73. The van der Waals surface area contributed by atoms with Crippen LogP contribution >= 0.6 is 27.5 Å². The fourth-order valence-electron chi connectivity index (χ4n) is 3.01. The number of aryl methyl sites for hydroxylation is 1. The highest BCUT2D eigenvalue weighted by Gasteiger charge is 2.44. The molecule has 2 aromatic rings. The Balaban J connectivity index is 1.90. The molecular weight excluding hydrogens is 398 g/mol. The number of amides is 1. The number of aromatic nitrogens is 2. The lowest BCUT2D eigenvalue weighted by Crippen LogP contribution is -2.37. The topological polar surface area (TPSA) is 76.4 Å². The number of halogens is 2. The van der Waals surface area contributed by atoms with Gasteiger partial charge in [0.15, 0.2) is 0 Å². The molecule has 0 radical (unpaired) electrons. The van der Waals surface area contributed by atoms with E-state index in [2.05, 4.69) is 32.4 Å². The second-order valence-electron chi connectivity index (χ2n) is 6.22. The number of nitrogens with zero attached hydrogens (tertiary/aromatic N) is 2. The van der Waals surface area contributed by atoms with Crippen molar-refractivity contribution in [3.05, 3.63) is 27.3 Å². The van der Waals surface area contributed by atoms with Crippen molar-refractivity contribution in [3.8, 4) is 0 Å². The minimum atomic E-state index is -0.980. The van der Waals surface area contributed by atoms with E-state index in [1.54, 1.807) is 7.11 Å². The van der Waals surface area contributed by atoms with Gasteiger partial charge in [-0.2, -0.15) is 5.10 Å². The lowest BCUT2D eigenvalue weighted by molar-refractivity contribution is 0.188. The Bertz CT molecular complexity index is 774. The van der Waals surface area contributed by atoms with E-state index >= 15 is 0 Å². The first-order valence-corrected chi connectivity index (χ1v) is 8.96. The van der Waals surface area contributed by atoms with Crippen molar-refractivity contribution in [1.29, 1.82) is 0 Å². The van der Waals surface area contributed by atoms with E-state index in [1.165, 1.54) is 0 Å². The fraction of sp³-hybridized carbons (Fsp3) is 0.500. The largest absolute Gasteiger partial charge is 0.465 e. The van der Waals surface area contributed by atoms with Crippen molar-refractivity contribution in [3.63, 3.8) is 0 Å². The first kappa shape index (κ1) is 17.5. The highest BCUT2D eigenvalue weighted by molar-refractivity contribution is 9.10. The van der Waals surface area contributed by atoms with Gasteiger partial charge in [0.2, 0.25) is 0 Å². The van der Waals surface area contributed by atoms with Crippen LogP contribution in [0.25, 0.3) is 10.9 Å². The number of fused-ring (bicyclic) bond motifs is 1. The van der Waals surface area contributed by atoms with Crippen LogP contribution in [0.1, 0.15) is 24.8 Å². The molecule has 1 aliphatic rings. The molecule has 1 aromatic heterocycles. The van der Waals surface area contributed by atoms with Gasteiger partial charge in [0.25, 0.3) is 0 Å².